The smallest absolute Gasteiger partial charge is 0.0635 e. The van der Waals surface area contributed by atoms with E-state index in [0.717, 1.165) is 12.5 Å². The maximum Gasteiger partial charge on any atom is 0.0635 e. The molecule has 0 aliphatic heterocycles. The van der Waals surface area contributed by atoms with E-state index in [1.807, 2.05) is 0 Å². The fourth-order valence-electron chi connectivity index (χ4n) is 2.49. The van der Waals surface area contributed by atoms with Gasteiger partial charge in [0.1, 0.15) is 0 Å². The van der Waals surface area contributed by atoms with Gasteiger partial charge in [-0.25, -0.2) is 0 Å². The van der Waals surface area contributed by atoms with Gasteiger partial charge in [-0.1, -0.05) is 26.2 Å². The Morgan fingerprint density at radius 1 is 1.36 bits per heavy atom. The monoisotopic (exact) mass is 194 g/mol. The largest absolute Gasteiger partial charge is 0.313 e. The van der Waals surface area contributed by atoms with Crippen molar-refractivity contribution < 1.29 is 0 Å². The van der Waals surface area contributed by atoms with E-state index >= 15 is 0 Å². The quantitative estimate of drug-likeness (QED) is 0.683. The Kier molecular flexibility index (Phi) is 5.63. The van der Waals surface area contributed by atoms with E-state index in [1.165, 1.54) is 38.5 Å². The van der Waals surface area contributed by atoms with Gasteiger partial charge in [-0.05, 0) is 25.2 Å². The fraction of sp³-hybridized carbons (Fsp3) is 0.917. The van der Waals surface area contributed by atoms with Gasteiger partial charge in [0.2, 0.25) is 0 Å². The van der Waals surface area contributed by atoms with Crippen molar-refractivity contribution in [3.05, 3.63) is 0 Å². The van der Waals surface area contributed by atoms with Crippen molar-refractivity contribution in [2.24, 2.45) is 5.92 Å². The van der Waals surface area contributed by atoms with Gasteiger partial charge in [0.25, 0.3) is 0 Å². The van der Waals surface area contributed by atoms with Crippen molar-refractivity contribution in [1.29, 1.82) is 5.26 Å². The van der Waals surface area contributed by atoms with Crippen LogP contribution in [-0.2, 0) is 0 Å². The van der Waals surface area contributed by atoms with E-state index in [0.29, 0.717) is 12.5 Å². The first-order chi connectivity index (χ1) is 6.88. The molecule has 14 heavy (non-hydrogen) atoms. The molecule has 0 amide bonds. The van der Waals surface area contributed by atoms with Gasteiger partial charge in [-0.3, -0.25) is 0 Å². The molecular weight excluding hydrogens is 172 g/mol. The maximum atomic E-state index is 8.47. The SMILES string of the molecule is CCC(NCCC#N)C1CCCCC1. The highest BCUT2D eigenvalue weighted by atomic mass is 14.9. The summed E-state index contributed by atoms with van der Waals surface area (Å²) in [6, 6.07) is 2.84. The van der Waals surface area contributed by atoms with Crippen LogP contribution in [0, 0.1) is 17.2 Å². The Bertz CT molecular complexity index is 177. The van der Waals surface area contributed by atoms with Gasteiger partial charge < -0.3 is 5.32 Å². The van der Waals surface area contributed by atoms with Crippen LogP contribution in [-0.4, -0.2) is 12.6 Å². The van der Waals surface area contributed by atoms with Gasteiger partial charge in [0.15, 0.2) is 0 Å². The lowest BCUT2D eigenvalue weighted by molar-refractivity contribution is 0.264. The molecule has 0 bridgehead atoms. The van der Waals surface area contributed by atoms with Crippen molar-refractivity contribution in [3.8, 4) is 6.07 Å². The molecule has 1 unspecified atom stereocenters. The lowest BCUT2D eigenvalue weighted by Crippen LogP contribution is -2.37. The van der Waals surface area contributed by atoms with Gasteiger partial charge in [0.05, 0.1) is 6.07 Å². The van der Waals surface area contributed by atoms with Crippen molar-refractivity contribution >= 4 is 0 Å². The number of nitrogens with zero attached hydrogens (tertiary/aromatic N) is 1. The van der Waals surface area contributed by atoms with Crippen LogP contribution in [0.4, 0.5) is 0 Å². The second-order valence-electron chi connectivity index (χ2n) is 4.28. The molecule has 2 heteroatoms. The van der Waals surface area contributed by atoms with Crippen LogP contribution >= 0.6 is 0 Å². The van der Waals surface area contributed by atoms with Crippen LogP contribution in [0.3, 0.4) is 0 Å². The standard InChI is InChI=1S/C12H22N2/c1-2-12(14-10-6-9-13)11-7-4-3-5-8-11/h11-12,14H,2-8,10H2,1H3. The summed E-state index contributed by atoms with van der Waals surface area (Å²) in [5.41, 5.74) is 0. The van der Waals surface area contributed by atoms with Crippen LogP contribution in [0.1, 0.15) is 51.9 Å². The third kappa shape index (κ3) is 3.67. The van der Waals surface area contributed by atoms with Gasteiger partial charge in [-0.2, -0.15) is 5.26 Å². The molecule has 1 aliphatic carbocycles. The lowest BCUT2D eigenvalue weighted by atomic mass is 9.83. The third-order valence-electron chi connectivity index (χ3n) is 3.30. The van der Waals surface area contributed by atoms with Gasteiger partial charge in [-0.15, -0.1) is 0 Å². The highest BCUT2D eigenvalue weighted by molar-refractivity contribution is 4.80. The Morgan fingerprint density at radius 2 is 2.07 bits per heavy atom. The van der Waals surface area contributed by atoms with Gasteiger partial charge in [0, 0.05) is 19.0 Å². The highest BCUT2D eigenvalue weighted by Crippen LogP contribution is 2.27. The average Bonchev–Trinajstić information content (AvgIpc) is 2.26. The molecule has 1 aliphatic rings. The van der Waals surface area contributed by atoms with Gasteiger partial charge >= 0.3 is 0 Å². The number of hydrogen-bond donors (Lipinski definition) is 1. The summed E-state index contributed by atoms with van der Waals surface area (Å²) in [6.07, 6.45) is 8.85. The minimum Gasteiger partial charge on any atom is -0.313 e. The number of rotatable bonds is 5. The number of hydrogen-bond acceptors (Lipinski definition) is 2. The molecule has 0 spiro atoms. The maximum absolute atomic E-state index is 8.47. The van der Waals surface area contributed by atoms with Crippen LogP contribution in [0.5, 0.6) is 0 Å². The molecule has 80 valence electrons. The average molecular weight is 194 g/mol. The molecular formula is C12H22N2. The number of nitriles is 1. The van der Waals surface area contributed by atoms with Crippen LogP contribution in [0.25, 0.3) is 0 Å². The highest BCUT2D eigenvalue weighted by Gasteiger charge is 2.21. The summed E-state index contributed by atoms with van der Waals surface area (Å²) >= 11 is 0. The molecule has 0 radical (unpaired) electrons. The first kappa shape index (κ1) is 11.5. The van der Waals surface area contributed by atoms with E-state index in [2.05, 4.69) is 18.3 Å². The minimum absolute atomic E-state index is 0.642. The molecule has 0 aromatic carbocycles. The zero-order chi connectivity index (χ0) is 10.2. The Labute approximate surface area is 87.7 Å². The molecule has 2 nitrogen and oxygen atoms in total. The predicted molar refractivity (Wildman–Crippen MR) is 58.9 cm³/mol. The normalized spacial score (nSPS) is 20.3. The van der Waals surface area contributed by atoms with Crippen LogP contribution in [0.15, 0.2) is 0 Å². The molecule has 1 saturated carbocycles. The Balaban J connectivity index is 2.25. The van der Waals surface area contributed by atoms with Crippen molar-refractivity contribution in [2.45, 2.75) is 57.9 Å². The van der Waals surface area contributed by atoms with Crippen molar-refractivity contribution in [1.82, 2.24) is 5.32 Å². The van der Waals surface area contributed by atoms with Crippen LogP contribution in [0.2, 0.25) is 0 Å². The molecule has 1 atom stereocenters. The molecule has 1 rings (SSSR count). The lowest BCUT2D eigenvalue weighted by Gasteiger charge is -2.30. The molecule has 1 N–H and O–H groups in total. The molecule has 0 heterocycles. The van der Waals surface area contributed by atoms with E-state index in [-0.39, 0.29) is 0 Å². The topological polar surface area (TPSA) is 35.8 Å². The van der Waals surface area contributed by atoms with E-state index < -0.39 is 0 Å². The Hall–Kier alpha value is -0.550. The second kappa shape index (κ2) is 6.84. The summed E-state index contributed by atoms with van der Waals surface area (Å²) in [5.74, 6) is 0.868. The summed E-state index contributed by atoms with van der Waals surface area (Å²) in [4.78, 5) is 0. The Morgan fingerprint density at radius 3 is 2.64 bits per heavy atom. The molecule has 0 saturated heterocycles. The van der Waals surface area contributed by atoms with Crippen molar-refractivity contribution in [3.63, 3.8) is 0 Å². The summed E-state index contributed by atoms with van der Waals surface area (Å²) < 4.78 is 0. The first-order valence-corrected chi connectivity index (χ1v) is 5.98. The summed E-state index contributed by atoms with van der Waals surface area (Å²) in [7, 11) is 0. The number of nitrogens with one attached hydrogen (secondary N) is 1. The molecule has 1 fully saturated rings. The van der Waals surface area contributed by atoms with E-state index in [4.69, 9.17) is 5.26 Å². The summed E-state index contributed by atoms with van der Waals surface area (Å²) in [5, 5.41) is 12.0. The third-order valence-corrected chi connectivity index (χ3v) is 3.30. The molecule has 0 aromatic rings. The zero-order valence-electron chi connectivity index (χ0n) is 9.26. The summed E-state index contributed by atoms with van der Waals surface area (Å²) in [6.45, 7) is 3.12. The second-order valence-corrected chi connectivity index (χ2v) is 4.28. The van der Waals surface area contributed by atoms with Crippen molar-refractivity contribution in [2.75, 3.05) is 6.54 Å². The van der Waals surface area contributed by atoms with E-state index in [1.54, 1.807) is 0 Å². The molecule has 0 aromatic heterocycles. The fourth-order valence-corrected chi connectivity index (χ4v) is 2.49. The van der Waals surface area contributed by atoms with Crippen LogP contribution < -0.4 is 5.32 Å². The zero-order valence-corrected chi connectivity index (χ0v) is 9.26. The minimum atomic E-state index is 0.642. The predicted octanol–water partition coefficient (Wildman–Crippen LogP) is 2.85. The van der Waals surface area contributed by atoms with E-state index in [9.17, 15) is 0 Å². The first-order valence-electron chi connectivity index (χ1n) is 5.98.